The number of likely N-dealkylation sites (tertiary alicyclic amines) is 1. The monoisotopic (exact) mass is 912 g/mol. The Bertz CT molecular complexity index is 2550. The molecule has 13 nitrogen and oxygen atoms in total. The van der Waals surface area contributed by atoms with Crippen LogP contribution in [0.3, 0.4) is 0 Å². The molecule has 0 unspecified atom stereocenters. The minimum absolute atomic E-state index is 0.0358. The standard InChI is InChI=1S/C45H55F3N6O7S2/c1-10-26-21-44(26,41(57)53-63(58,59)43(8)16-17-43)52-38(55)33-19-29(22-54(33)40(56)37(42(5,6)7)49-28-13-11-12-27(18-28)45(46,47)48)61-35-20-31(39-51-32(23-62-39)24(2)3)50-36-25(4)34(60-9)15-14-30(35)36/h11-15,18,20,23-24,26,29,33,37,49H,10,16-17,19,21-22H2,1-9H3,(H,52,55)(H,53,57)/t26-,29-,33+,37-,44-/m1/s1. The van der Waals surface area contributed by atoms with Gasteiger partial charge in [0.2, 0.25) is 21.8 Å². The van der Waals surface area contributed by atoms with Gasteiger partial charge in [0.05, 0.1) is 35.2 Å². The molecule has 3 aliphatic rings. The highest BCUT2D eigenvalue weighted by molar-refractivity contribution is 7.91. The normalized spacial score (nSPS) is 22.4. The predicted octanol–water partition coefficient (Wildman–Crippen LogP) is 7.98. The van der Waals surface area contributed by atoms with Crippen molar-refractivity contribution in [1.82, 2.24) is 24.9 Å². The average Bonchev–Trinajstić information content (AvgIpc) is 4.00. The first-order valence-corrected chi connectivity index (χ1v) is 23.5. The second kappa shape index (κ2) is 16.5. The van der Waals surface area contributed by atoms with Crippen LogP contribution in [0.15, 0.2) is 47.8 Å². The van der Waals surface area contributed by atoms with Crippen molar-refractivity contribution >= 4 is 55.7 Å². The van der Waals surface area contributed by atoms with E-state index in [4.69, 9.17) is 19.4 Å². The molecule has 18 heteroatoms. The maximum absolute atomic E-state index is 15.0. The number of carbonyl (C=O) groups excluding carboxylic acids is 3. The van der Waals surface area contributed by atoms with Gasteiger partial charge in [0, 0.05) is 34.5 Å². The van der Waals surface area contributed by atoms with E-state index in [1.54, 1.807) is 46.9 Å². The SMILES string of the molecule is CC[C@@H]1C[C@]1(NC(=O)[C@@H]1C[C@@H](Oc2cc(-c3nc(C(C)C)cs3)nc3c(C)c(OC)ccc23)CN1C(=O)[C@@H](Nc1cccc(C(F)(F)F)c1)C(C)(C)C)C(=O)NS(=O)(=O)C1(C)CC1. The van der Waals surface area contributed by atoms with E-state index in [1.807, 2.05) is 39.1 Å². The maximum atomic E-state index is 15.0. The number of nitrogens with one attached hydrogen (secondary N) is 3. The highest BCUT2D eigenvalue weighted by Crippen LogP contribution is 2.48. The van der Waals surface area contributed by atoms with E-state index < -0.39 is 73.4 Å². The quantitative estimate of drug-likeness (QED) is 0.113. The molecule has 0 radical (unpaired) electrons. The number of ether oxygens (including phenoxy) is 2. The summed E-state index contributed by atoms with van der Waals surface area (Å²) in [6, 6.07) is 7.60. The fourth-order valence-electron chi connectivity index (χ4n) is 8.19. The molecule has 1 saturated heterocycles. The number of fused-ring (bicyclic) bond motifs is 1. The molecule has 2 aliphatic carbocycles. The number of aryl methyl sites for hydroxylation is 1. The van der Waals surface area contributed by atoms with E-state index in [0.717, 1.165) is 23.4 Å². The molecule has 2 aromatic heterocycles. The third-order valence-corrected chi connectivity index (χ3v) is 15.7. The lowest BCUT2D eigenvalue weighted by molar-refractivity contribution is -0.141. The van der Waals surface area contributed by atoms with Crippen molar-refractivity contribution in [1.29, 1.82) is 0 Å². The van der Waals surface area contributed by atoms with E-state index in [-0.39, 0.29) is 36.9 Å². The van der Waals surface area contributed by atoms with E-state index in [1.165, 1.54) is 28.4 Å². The van der Waals surface area contributed by atoms with Crippen molar-refractivity contribution in [2.24, 2.45) is 11.3 Å². The van der Waals surface area contributed by atoms with Gasteiger partial charge < -0.3 is 25.0 Å². The largest absolute Gasteiger partial charge is 0.496 e. The zero-order chi connectivity index (χ0) is 46.0. The number of anilines is 1. The van der Waals surface area contributed by atoms with Gasteiger partial charge >= 0.3 is 6.18 Å². The average molecular weight is 913 g/mol. The van der Waals surface area contributed by atoms with Gasteiger partial charge in [-0.2, -0.15) is 13.2 Å². The summed E-state index contributed by atoms with van der Waals surface area (Å²) in [7, 11) is -2.47. The molecular weight excluding hydrogens is 858 g/mol. The van der Waals surface area contributed by atoms with Crippen LogP contribution in [0.25, 0.3) is 21.6 Å². The fourth-order valence-corrected chi connectivity index (χ4v) is 10.4. The van der Waals surface area contributed by atoms with E-state index in [2.05, 4.69) is 15.4 Å². The van der Waals surface area contributed by atoms with Crippen LogP contribution in [0.1, 0.15) is 103 Å². The van der Waals surface area contributed by atoms with Crippen molar-refractivity contribution in [3.8, 4) is 22.2 Å². The molecule has 3 fully saturated rings. The topological polar surface area (TPSA) is 169 Å². The summed E-state index contributed by atoms with van der Waals surface area (Å²) < 4.78 is 81.3. The van der Waals surface area contributed by atoms with Gasteiger partial charge in [0.15, 0.2) is 0 Å². The Morgan fingerprint density at radius 1 is 1.05 bits per heavy atom. The molecule has 63 heavy (non-hydrogen) atoms. The summed E-state index contributed by atoms with van der Waals surface area (Å²) in [6.45, 7) is 14.5. The number of sulfonamides is 1. The van der Waals surface area contributed by atoms with Crippen molar-refractivity contribution in [3.05, 3.63) is 64.7 Å². The van der Waals surface area contributed by atoms with E-state index >= 15 is 0 Å². The van der Waals surface area contributed by atoms with Crippen LogP contribution in [0, 0.1) is 18.3 Å². The minimum atomic E-state index is -4.63. The fraction of sp³-hybridized carbons (Fsp3) is 0.533. The van der Waals surface area contributed by atoms with Gasteiger partial charge in [-0.3, -0.25) is 19.1 Å². The number of pyridine rings is 1. The lowest BCUT2D eigenvalue weighted by Gasteiger charge is -2.36. The Hall–Kier alpha value is -4.97. The van der Waals surface area contributed by atoms with Crippen LogP contribution >= 0.6 is 11.3 Å². The lowest BCUT2D eigenvalue weighted by atomic mass is 9.85. The van der Waals surface area contributed by atoms with Gasteiger partial charge in [-0.05, 0) is 80.7 Å². The van der Waals surface area contributed by atoms with Crippen molar-refractivity contribution in [2.45, 2.75) is 128 Å². The Morgan fingerprint density at radius 2 is 1.76 bits per heavy atom. The number of rotatable bonds is 14. The van der Waals surface area contributed by atoms with Crippen molar-refractivity contribution < 1.29 is 45.4 Å². The third-order valence-electron chi connectivity index (χ3n) is 12.6. The number of aromatic nitrogens is 2. The maximum Gasteiger partial charge on any atom is 0.416 e. The number of benzene rings is 2. The number of nitrogens with zero attached hydrogens (tertiary/aromatic N) is 3. The molecule has 0 bridgehead atoms. The van der Waals surface area contributed by atoms with Crippen molar-refractivity contribution in [3.63, 3.8) is 0 Å². The molecule has 1 aliphatic heterocycles. The highest BCUT2D eigenvalue weighted by atomic mass is 32.2. The molecular formula is C45H55F3N6O7S2. The number of halogens is 3. The highest BCUT2D eigenvalue weighted by Gasteiger charge is 2.63. The van der Waals surface area contributed by atoms with Crippen LogP contribution in [0.4, 0.5) is 18.9 Å². The van der Waals surface area contributed by atoms with Gasteiger partial charge in [-0.1, -0.05) is 54.0 Å². The molecule has 3 N–H and O–H groups in total. The Balaban J connectivity index is 1.26. The molecule has 340 valence electrons. The third kappa shape index (κ3) is 9.06. The number of amides is 3. The zero-order valence-electron chi connectivity index (χ0n) is 36.9. The number of alkyl halides is 3. The van der Waals surface area contributed by atoms with Crippen LogP contribution < -0.4 is 24.8 Å². The zero-order valence-corrected chi connectivity index (χ0v) is 38.5. The lowest BCUT2D eigenvalue weighted by Crippen LogP contribution is -2.59. The first kappa shape index (κ1) is 46.0. The second-order valence-corrected chi connectivity index (χ2v) is 21.7. The van der Waals surface area contributed by atoms with Crippen LogP contribution in [-0.4, -0.2) is 83.1 Å². The van der Waals surface area contributed by atoms with Crippen LogP contribution in [0.2, 0.25) is 0 Å². The number of thiazole rings is 1. The first-order valence-electron chi connectivity index (χ1n) is 21.1. The molecule has 0 spiro atoms. The predicted molar refractivity (Wildman–Crippen MR) is 235 cm³/mol. The molecule has 5 atom stereocenters. The molecule has 2 aromatic carbocycles. The second-order valence-electron chi connectivity index (χ2n) is 18.7. The summed E-state index contributed by atoms with van der Waals surface area (Å²) in [4.78, 5) is 54.7. The number of hydrogen-bond donors (Lipinski definition) is 3. The molecule has 7 rings (SSSR count). The summed E-state index contributed by atoms with van der Waals surface area (Å²) in [6.07, 6.45) is -4.00. The summed E-state index contributed by atoms with van der Waals surface area (Å²) >= 11 is 1.44. The number of methoxy groups -OCH3 is 1. The molecule has 3 amide bonds. The molecule has 4 aromatic rings. The first-order chi connectivity index (χ1) is 29.4. The van der Waals surface area contributed by atoms with Gasteiger partial charge in [0.25, 0.3) is 5.91 Å². The number of carbonyl (C=O) groups is 3. The van der Waals surface area contributed by atoms with Crippen LogP contribution in [0.5, 0.6) is 11.5 Å². The number of hydrogen-bond acceptors (Lipinski definition) is 11. The summed E-state index contributed by atoms with van der Waals surface area (Å²) in [5, 5.41) is 9.19. The minimum Gasteiger partial charge on any atom is -0.496 e. The smallest absolute Gasteiger partial charge is 0.416 e. The summed E-state index contributed by atoms with van der Waals surface area (Å²) in [5.74, 6) is -1.26. The Morgan fingerprint density at radius 3 is 2.35 bits per heavy atom. The Labute approximate surface area is 370 Å². The van der Waals surface area contributed by atoms with Gasteiger partial charge in [0.1, 0.15) is 45.9 Å². The van der Waals surface area contributed by atoms with Crippen molar-refractivity contribution in [2.75, 3.05) is 19.0 Å². The Kier molecular flexibility index (Phi) is 12.1. The molecule has 2 saturated carbocycles. The summed E-state index contributed by atoms with van der Waals surface area (Å²) in [5.41, 5.74) is -0.459. The van der Waals surface area contributed by atoms with Gasteiger partial charge in [-0.15, -0.1) is 11.3 Å². The van der Waals surface area contributed by atoms with E-state index in [9.17, 15) is 36.0 Å². The van der Waals surface area contributed by atoms with Gasteiger partial charge in [-0.25, -0.2) is 18.4 Å². The van der Waals surface area contributed by atoms with E-state index in [0.29, 0.717) is 52.4 Å². The molecule has 3 heterocycles. The van der Waals surface area contributed by atoms with Crippen LogP contribution in [-0.2, 0) is 30.6 Å².